The Bertz CT molecular complexity index is 1010. The standard InChI is InChI=1S/C23H31N3O4S/c1-5-25-12-14-26(15-13-25)23(27)19-8-11-22(30-4)20(16-19)17-24(3)31(28,29)21-9-6-18(2)7-10-21/h6-11,16H,5,12-15,17H2,1-4H3. The molecule has 3 rings (SSSR count). The smallest absolute Gasteiger partial charge is 0.253 e. The fraction of sp³-hybridized carbons (Fsp3) is 0.435. The van der Waals surface area contributed by atoms with Gasteiger partial charge < -0.3 is 14.5 Å². The van der Waals surface area contributed by atoms with E-state index in [1.807, 2.05) is 11.8 Å². The van der Waals surface area contributed by atoms with Crippen LogP contribution >= 0.6 is 0 Å². The van der Waals surface area contributed by atoms with Gasteiger partial charge in [0.15, 0.2) is 0 Å². The first-order valence-electron chi connectivity index (χ1n) is 10.5. The fourth-order valence-electron chi connectivity index (χ4n) is 3.70. The molecule has 0 saturated carbocycles. The summed E-state index contributed by atoms with van der Waals surface area (Å²) in [6.07, 6.45) is 0. The van der Waals surface area contributed by atoms with Gasteiger partial charge >= 0.3 is 0 Å². The molecule has 0 aromatic heterocycles. The molecular formula is C23H31N3O4S. The van der Waals surface area contributed by atoms with Crippen LogP contribution in [0.4, 0.5) is 0 Å². The molecule has 1 saturated heterocycles. The highest BCUT2D eigenvalue weighted by atomic mass is 32.2. The third-order valence-corrected chi connectivity index (χ3v) is 7.57. The van der Waals surface area contributed by atoms with Crippen LogP contribution in [0, 0.1) is 6.92 Å². The number of hydrogen-bond donors (Lipinski definition) is 0. The molecule has 1 aliphatic rings. The highest BCUT2D eigenvalue weighted by Crippen LogP contribution is 2.25. The molecule has 0 unspecified atom stereocenters. The molecule has 1 heterocycles. The lowest BCUT2D eigenvalue weighted by Crippen LogP contribution is -2.48. The second-order valence-corrected chi connectivity index (χ2v) is 9.87. The van der Waals surface area contributed by atoms with Gasteiger partial charge in [-0.1, -0.05) is 24.6 Å². The van der Waals surface area contributed by atoms with Crippen LogP contribution in [-0.2, 0) is 16.6 Å². The summed E-state index contributed by atoms with van der Waals surface area (Å²) in [6, 6.07) is 12.0. The summed E-state index contributed by atoms with van der Waals surface area (Å²) in [5, 5.41) is 0. The van der Waals surface area contributed by atoms with Gasteiger partial charge in [0.05, 0.1) is 12.0 Å². The minimum atomic E-state index is -3.66. The Morgan fingerprint density at radius 2 is 1.71 bits per heavy atom. The Hall–Kier alpha value is -2.42. The van der Waals surface area contributed by atoms with Crippen LogP contribution in [0.5, 0.6) is 5.75 Å². The molecule has 1 fully saturated rings. The summed E-state index contributed by atoms with van der Waals surface area (Å²) in [5.74, 6) is 0.516. The Morgan fingerprint density at radius 3 is 2.29 bits per heavy atom. The van der Waals surface area contributed by atoms with E-state index in [9.17, 15) is 13.2 Å². The van der Waals surface area contributed by atoms with Crippen molar-refractivity contribution in [3.05, 3.63) is 59.2 Å². The van der Waals surface area contributed by atoms with Crippen molar-refractivity contribution in [2.24, 2.45) is 0 Å². The lowest BCUT2D eigenvalue weighted by molar-refractivity contribution is 0.0643. The topological polar surface area (TPSA) is 70.2 Å². The molecule has 8 heteroatoms. The number of likely N-dealkylation sites (N-methyl/N-ethyl adjacent to an activating group) is 1. The van der Waals surface area contributed by atoms with Crippen LogP contribution in [-0.4, -0.2) is 75.3 Å². The Balaban J connectivity index is 1.80. The number of nitrogens with zero attached hydrogens (tertiary/aromatic N) is 3. The zero-order chi connectivity index (χ0) is 22.6. The summed E-state index contributed by atoms with van der Waals surface area (Å²) in [4.78, 5) is 17.4. The van der Waals surface area contributed by atoms with E-state index < -0.39 is 10.0 Å². The van der Waals surface area contributed by atoms with Crippen molar-refractivity contribution in [2.75, 3.05) is 46.9 Å². The first-order chi connectivity index (χ1) is 14.8. The number of piperazine rings is 1. The molecule has 2 aromatic rings. The molecule has 0 atom stereocenters. The Labute approximate surface area is 185 Å². The van der Waals surface area contributed by atoms with Gasteiger partial charge in [0.1, 0.15) is 5.75 Å². The number of amides is 1. The Morgan fingerprint density at radius 1 is 1.06 bits per heavy atom. The number of sulfonamides is 1. The quantitative estimate of drug-likeness (QED) is 0.655. The Kier molecular flexibility index (Phi) is 7.35. The zero-order valence-corrected chi connectivity index (χ0v) is 19.5. The highest BCUT2D eigenvalue weighted by molar-refractivity contribution is 7.89. The molecule has 31 heavy (non-hydrogen) atoms. The molecule has 0 aliphatic carbocycles. The minimum Gasteiger partial charge on any atom is -0.496 e. The molecule has 0 N–H and O–H groups in total. The minimum absolute atomic E-state index is 0.0382. The predicted octanol–water partition coefficient (Wildman–Crippen LogP) is 2.60. The summed E-state index contributed by atoms with van der Waals surface area (Å²) >= 11 is 0. The van der Waals surface area contributed by atoms with E-state index in [0.717, 1.165) is 25.2 Å². The van der Waals surface area contributed by atoms with Gasteiger partial charge in [0.25, 0.3) is 5.91 Å². The van der Waals surface area contributed by atoms with E-state index in [-0.39, 0.29) is 17.3 Å². The van der Waals surface area contributed by atoms with Gasteiger partial charge in [0.2, 0.25) is 10.0 Å². The van der Waals surface area contributed by atoms with Crippen molar-refractivity contribution >= 4 is 15.9 Å². The number of methoxy groups -OCH3 is 1. The highest BCUT2D eigenvalue weighted by Gasteiger charge is 2.25. The average Bonchev–Trinajstić information content (AvgIpc) is 2.78. The van der Waals surface area contributed by atoms with Crippen molar-refractivity contribution in [2.45, 2.75) is 25.3 Å². The molecule has 1 aliphatic heterocycles. The summed E-state index contributed by atoms with van der Waals surface area (Å²) in [6.45, 7) is 8.22. The molecule has 168 valence electrons. The lowest BCUT2D eigenvalue weighted by Gasteiger charge is -2.34. The first kappa shape index (κ1) is 23.2. The maximum absolute atomic E-state index is 13.0. The van der Waals surface area contributed by atoms with Crippen LogP contribution in [0.1, 0.15) is 28.4 Å². The number of aryl methyl sites for hydroxylation is 1. The van der Waals surface area contributed by atoms with Gasteiger partial charge in [-0.2, -0.15) is 4.31 Å². The van der Waals surface area contributed by atoms with E-state index in [1.165, 1.54) is 11.4 Å². The van der Waals surface area contributed by atoms with Crippen molar-refractivity contribution < 1.29 is 17.9 Å². The van der Waals surface area contributed by atoms with Crippen LogP contribution in [0.3, 0.4) is 0 Å². The summed E-state index contributed by atoms with van der Waals surface area (Å²) < 4.78 is 32.7. The average molecular weight is 446 g/mol. The SMILES string of the molecule is CCN1CCN(C(=O)c2ccc(OC)c(CN(C)S(=O)(=O)c3ccc(C)cc3)c2)CC1. The number of hydrogen-bond acceptors (Lipinski definition) is 5. The van der Waals surface area contributed by atoms with Crippen LogP contribution in [0.15, 0.2) is 47.4 Å². The van der Waals surface area contributed by atoms with Gasteiger partial charge in [-0.3, -0.25) is 4.79 Å². The fourth-order valence-corrected chi connectivity index (χ4v) is 4.85. The van der Waals surface area contributed by atoms with Crippen molar-refractivity contribution in [1.82, 2.24) is 14.1 Å². The van der Waals surface area contributed by atoms with E-state index in [0.29, 0.717) is 30.0 Å². The number of benzene rings is 2. The summed E-state index contributed by atoms with van der Waals surface area (Å²) in [7, 11) is -0.589. The molecule has 2 aromatic carbocycles. The zero-order valence-electron chi connectivity index (χ0n) is 18.7. The van der Waals surface area contributed by atoms with E-state index in [4.69, 9.17) is 4.74 Å². The second kappa shape index (κ2) is 9.80. The summed E-state index contributed by atoms with van der Waals surface area (Å²) in [5.41, 5.74) is 2.19. The van der Waals surface area contributed by atoms with E-state index in [2.05, 4.69) is 11.8 Å². The lowest BCUT2D eigenvalue weighted by atomic mass is 10.1. The molecule has 0 bridgehead atoms. The van der Waals surface area contributed by atoms with Gasteiger partial charge in [-0.05, 0) is 43.8 Å². The van der Waals surface area contributed by atoms with Gasteiger partial charge in [-0.15, -0.1) is 0 Å². The third-order valence-electron chi connectivity index (χ3n) is 5.76. The van der Waals surface area contributed by atoms with E-state index in [1.54, 1.807) is 49.6 Å². The van der Waals surface area contributed by atoms with Gasteiger partial charge in [-0.25, -0.2) is 8.42 Å². The molecular weight excluding hydrogens is 414 g/mol. The van der Waals surface area contributed by atoms with Crippen molar-refractivity contribution in [1.29, 1.82) is 0 Å². The van der Waals surface area contributed by atoms with Crippen LogP contribution in [0.2, 0.25) is 0 Å². The maximum atomic E-state index is 13.0. The van der Waals surface area contributed by atoms with Gasteiger partial charge in [0, 0.05) is 50.9 Å². The first-order valence-corrected chi connectivity index (χ1v) is 11.9. The monoisotopic (exact) mass is 445 g/mol. The molecule has 1 amide bonds. The number of carbonyl (C=O) groups is 1. The third kappa shape index (κ3) is 5.26. The second-order valence-electron chi connectivity index (χ2n) is 7.83. The molecule has 0 spiro atoms. The van der Waals surface area contributed by atoms with Crippen LogP contribution in [0.25, 0.3) is 0 Å². The van der Waals surface area contributed by atoms with Crippen molar-refractivity contribution in [3.63, 3.8) is 0 Å². The molecule has 7 nitrogen and oxygen atoms in total. The predicted molar refractivity (Wildman–Crippen MR) is 121 cm³/mol. The number of rotatable bonds is 7. The maximum Gasteiger partial charge on any atom is 0.253 e. The normalized spacial score (nSPS) is 15.3. The molecule has 0 radical (unpaired) electrons. The number of carbonyl (C=O) groups excluding carboxylic acids is 1. The van der Waals surface area contributed by atoms with E-state index >= 15 is 0 Å². The van der Waals surface area contributed by atoms with Crippen LogP contribution < -0.4 is 4.74 Å². The van der Waals surface area contributed by atoms with Crippen molar-refractivity contribution in [3.8, 4) is 5.75 Å². The number of ether oxygens (including phenoxy) is 1. The largest absolute Gasteiger partial charge is 0.496 e.